The van der Waals surface area contributed by atoms with Crippen molar-refractivity contribution in [3.8, 4) is 0 Å². The number of sulfonamides is 1. The number of thiophene rings is 1. The number of benzene rings is 1. The molecule has 1 N–H and O–H groups in total. The molecular weight excluding hydrogens is 382 g/mol. The molecule has 0 aliphatic carbocycles. The molecule has 8 heteroatoms. The first kappa shape index (κ1) is 18.6. The molecule has 1 saturated heterocycles. The van der Waals surface area contributed by atoms with Gasteiger partial charge >= 0.3 is 0 Å². The van der Waals surface area contributed by atoms with Crippen LogP contribution in [0.1, 0.15) is 12.5 Å². The quantitative estimate of drug-likeness (QED) is 0.810. The summed E-state index contributed by atoms with van der Waals surface area (Å²) in [7, 11) is -3.39. The predicted molar refractivity (Wildman–Crippen MR) is 106 cm³/mol. The monoisotopic (exact) mass is 406 g/mol. The van der Waals surface area contributed by atoms with Crippen LogP contribution >= 0.6 is 11.3 Å². The number of nitrogens with one attached hydrogen (secondary N) is 1. The van der Waals surface area contributed by atoms with Gasteiger partial charge in [0.05, 0.1) is 26.2 Å². The molecule has 1 aromatic heterocycles. The van der Waals surface area contributed by atoms with E-state index in [4.69, 9.17) is 0 Å². The molecule has 1 atom stereocenters. The molecule has 144 valence electrons. The largest absolute Gasteiger partial charge is 0.325 e. The Kier molecular flexibility index (Phi) is 5.07. The van der Waals surface area contributed by atoms with Crippen molar-refractivity contribution in [1.29, 1.82) is 0 Å². The highest BCUT2D eigenvalue weighted by Crippen LogP contribution is 2.31. The van der Waals surface area contributed by atoms with Crippen molar-refractivity contribution in [3.05, 3.63) is 47.3 Å². The molecule has 2 aromatic rings. The van der Waals surface area contributed by atoms with Crippen molar-refractivity contribution in [2.24, 2.45) is 0 Å². The second-order valence-electron chi connectivity index (χ2n) is 7.21. The molecule has 2 aliphatic rings. The summed E-state index contributed by atoms with van der Waals surface area (Å²) in [5.41, 5.74) is 2.24. The highest BCUT2D eigenvalue weighted by Gasteiger charge is 2.35. The first-order valence-electron chi connectivity index (χ1n) is 9.24. The van der Waals surface area contributed by atoms with Gasteiger partial charge in [-0.3, -0.25) is 4.79 Å². The fraction of sp³-hybridized carbons (Fsp3) is 0.421. The number of piperazine rings is 1. The van der Waals surface area contributed by atoms with Crippen LogP contribution in [0, 0.1) is 0 Å². The summed E-state index contributed by atoms with van der Waals surface area (Å²) < 4.78 is 27.2. The molecule has 0 spiro atoms. The summed E-state index contributed by atoms with van der Waals surface area (Å²) in [4.78, 5) is 16.0. The summed E-state index contributed by atoms with van der Waals surface area (Å²) in [6, 6.07) is 11.7. The lowest BCUT2D eigenvalue weighted by Crippen LogP contribution is -3.15. The fourth-order valence-electron chi connectivity index (χ4n) is 4.00. The van der Waals surface area contributed by atoms with Gasteiger partial charge in [-0.1, -0.05) is 24.3 Å². The van der Waals surface area contributed by atoms with Gasteiger partial charge < -0.3 is 9.80 Å². The van der Waals surface area contributed by atoms with Crippen molar-refractivity contribution in [3.63, 3.8) is 0 Å². The third kappa shape index (κ3) is 3.54. The number of amides is 1. The minimum atomic E-state index is -3.39. The summed E-state index contributed by atoms with van der Waals surface area (Å²) in [5.74, 6) is 0.122. The van der Waals surface area contributed by atoms with Crippen LogP contribution in [0.15, 0.2) is 46.0 Å². The molecule has 2 aliphatic heterocycles. The van der Waals surface area contributed by atoms with Gasteiger partial charge in [-0.05, 0) is 36.4 Å². The number of quaternary nitrogens is 1. The topological polar surface area (TPSA) is 62.1 Å². The van der Waals surface area contributed by atoms with Crippen LogP contribution in [-0.4, -0.2) is 57.4 Å². The van der Waals surface area contributed by atoms with E-state index in [-0.39, 0.29) is 11.9 Å². The number of nitrogens with zero attached hydrogens (tertiary/aromatic N) is 2. The molecule has 1 fully saturated rings. The van der Waals surface area contributed by atoms with Crippen LogP contribution in [0.25, 0.3) is 0 Å². The van der Waals surface area contributed by atoms with Gasteiger partial charge in [-0.25, -0.2) is 8.42 Å². The Morgan fingerprint density at radius 1 is 1.19 bits per heavy atom. The van der Waals surface area contributed by atoms with E-state index >= 15 is 0 Å². The van der Waals surface area contributed by atoms with Crippen LogP contribution in [-0.2, 0) is 21.2 Å². The van der Waals surface area contributed by atoms with E-state index in [2.05, 4.69) is 13.0 Å². The minimum Gasteiger partial charge on any atom is -0.325 e. The van der Waals surface area contributed by atoms with Crippen molar-refractivity contribution in [1.82, 2.24) is 4.31 Å². The standard InChI is InChI=1S/C19H23N3O3S2/c1-15-13-16-5-2-3-6-17(16)22(15)18(23)14-20-8-10-21(11-9-20)27(24,25)19-7-4-12-26-19/h2-7,12,15H,8-11,13-14H2,1H3/p+1/t15-/m0/s1. The molecule has 3 heterocycles. The zero-order chi connectivity index (χ0) is 19.0. The number of rotatable bonds is 4. The Balaban J connectivity index is 1.38. The van der Waals surface area contributed by atoms with Crippen molar-refractivity contribution in [2.75, 3.05) is 37.6 Å². The molecular formula is C19H24N3O3S2+. The van der Waals surface area contributed by atoms with Gasteiger partial charge in [0, 0.05) is 11.7 Å². The molecule has 1 amide bonds. The van der Waals surface area contributed by atoms with Crippen LogP contribution in [0.4, 0.5) is 5.69 Å². The van der Waals surface area contributed by atoms with Gasteiger partial charge in [0.1, 0.15) is 4.21 Å². The molecule has 0 radical (unpaired) electrons. The van der Waals surface area contributed by atoms with Crippen molar-refractivity contribution < 1.29 is 18.1 Å². The third-order valence-corrected chi connectivity index (χ3v) is 8.67. The number of fused-ring (bicyclic) bond motifs is 1. The van der Waals surface area contributed by atoms with Crippen LogP contribution in [0.3, 0.4) is 0 Å². The molecule has 0 saturated carbocycles. The highest BCUT2D eigenvalue weighted by atomic mass is 32.2. The van der Waals surface area contributed by atoms with Gasteiger partial charge in [-0.2, -0.15) is 4.31 Å². The number of hydrogen-bond donors (Lipinski definition) is 1. The van der Waals surface area contributed by atoms with Crippen molar-refractivity contribution in [2.45, 2.75) is 23.6 Å². The maximum atomic E-state index is 12.9. The second kappa shape index (κ2) is 7.35. The van der Waals surface area contributed by atoms with Crippen LogP contribution in [0.2, 0.25) is 0 Å². The van der Waals surface area contributed by atoms with Gasteiger partial charge in [0.25, 0.3) is 15.9 Å². The maximum Gasteiger partial charge on any atom is 0.282 e. The van der Waals surface area contributed by atoms with E-state index in [1.807, 2.05) is 23.1 Å². The number of anilines is 1. The Morgan fingerprint density at radius 3 is 2.63 bits per heavy atom. The molecule has 6 nitrogen and oxygen atoms in total. The van der Waals surface area contributed by atoms with E-state index in [1.54, 1.807) is 21.8 Å². The summed E-state index contributed by atoms with van der Waals surface area (Å²) in [6.07, 6.45) is 0.893. The Morgan fingerprint density at radius 2 is 1.93 bits per heavy atom. The molecule has 27 heavy (non-hydrogen) atoms. The molecule has 0 bridgehead atoms. The lowest BCUT2D eigenvalue weighted by Gasteiger charge is -2.32. The zero-order valence-electron chi connectivity index (χ0n) is 15.3. The summed E-state index contributed by atoms with van der Waals surface area (Å²) in [5, 5.41) is 1.78. The van der Waals surface area contributed by atoms with Crippen LogP contribution < -0.4 is 9.80 Å². The van der Waals surface area contributed by atoms with Crippen molar-refractivity contribution >= 4 is 33.0 Å². The Bertz CT molecular complexity index is 919. The lowest BCUT2D eigenvalue weighted by molar-refractivity contribution is -0.895. The first-order valence-corrected chi connectivity index (χ1v) is 11.6. The molecule has 1 aromatic carbocycles. The van der Waals surface area contributed by atoms with Crippen LogP contribution in [0.5, 0.6) is 0 Å². The Hall–Kier alpha value is -1.74. The average molecular weight is 407 g/mol. The number of carbonyl (C=O) groups is 1. The average Bonchev–Trinajstić information content (AvgIpc) is 3.29. The molecule has 0 unspecified atom stereocenters. The van der Waals surface area contributed by atoms with Gasteiger partial charge in [0.2, 0.25) is 0 Å². The van der Waals surface area contributed by atoms with E-state index in [0.717, 1.165) is 17.0 Å². The highest BCUT2D eigenvalue weighted by molar-refractivity contribution is 7.91. The predicted octanol–water partition coefficient (Wildman–Crippen LogP) is 0.615. The maximum absolute atomic E-state index is 12.9. The van der Waals surface area contributed by atoms with E-state index in [9.17, 15) is 13.2 Å². The van der Waals surface area contributed by atoms with E-state index in [0.29, 0.717) is 36.9 Å². The zero-order valence-corrected chi connectivity index (χ0v) is 16.9. The number of para-hydroxylation sites is 1. The first-order chi connectivity index (χ1) is 13.0. The number of hydrogen-bond acceptors (Lipinski definition) is 4. The van der Waals surface area contributed by atoms with E-state index < -0.39 is 10.0 Å². The van der Waals surface area contributed by atoms with E-state index in [1.165, 1.54) is 16.9 Å². The summed E-state index contributed by atoms with van der Waals surface area (Å²) >= 11 is 1.25. The fourth-order valence-corrected chi connectivity index (χ4v) is 6.59. The SMILES string of the molecule is C[C@H]1Cc2ccccc2N1C(=O)C[NH+]1CCN(S(=O)(=O)c2cccs2)CC1. The third-order valence-electron chi connectivity index (χ3n) is 5.40. The molecule has 4 rings (SSSR count). The number of carbonyl (C=O) groups excluding carboxylic acids is 1. The minimum absolute atomic E-state index is 0.122. The smallest absolute Gasteiger partial charge is 0.282 e. The lowest BCUT2D eigenvalue weighted by atomic mass is 10.1. The van der Waals surface area contributed by atoms with Gasteiger partial charge in [-0.15, -0.1) is 11.3 Å². The van der Waals surface area contributed by atoms with Gasteiger partial charge in [0.15, 0.2) is 6.54 Å². The normalized spacial score (nSPS) is 21.4. The Labute approximate surface area is 164 Å². The summed E-state index contributed by atoms with van der Waals surface area (Å²) in [6.45, 7) is 4.70. The second-order valence-corrected chi connectivity index (χ2v) is 10.3.